The summed E-state index contributed by atoms with van der Waals surface area (Å²) in [7, 11) is 0. The van der Waals surface area contributed by atoms with Crippen LogP contribution >= 0.6 is 0 Å². The summed E-state index contributed by atoms with van der Waals surface area (Å²) in [6.45, 7) is 1.16. The van der Waals surface area contributed by atoms with Gasteiger partial charge in [-0.3, -0.25) is 10.1 Å². The van der Waals surface area contributed by atoms with E-state index in [4.69, 9.17) is 5.11 Å². The lowest BCUT2D eigenvalue weighted by atomic mass is 10.2. The molecule has 0 bridgehead atoms. The lowest BCUT2D eigenvalue weighted by molar-refractivity contribution is -0.385. The molecule has 0 saturated heterocycles. The molecule has 2 atom stereocenters. The Morgan fingerprint density at radius 3 is 2.48 bits per heavy atom. The van der Waals surface area contributed by atoms with Gasteiger partial charge in [-0.25, -0.2) is 14.0 Å². The van der Waals surface area contributed by atoms with E-state index in [1.165, 1.54) is 0 Å². The topological polar surface area (TPSA) is 142 Å². The number of rotatable bonds is 5. The van der Waals surface area contributed by atoms with Crippen molar-refractivity contribution in [3.05, 3.63) is 34.1 Å². The first kappa shape index (κ1) is 16.3. The molecule has 2 unspecified atom stereocenters. The summed E-state index contributed by atoms with van der Waals surface area (Å²) in [5.74, 6) is -2.41. The molecule has 4 N–H and O–H groups in total. The number of urea groups is 1. The number of halogens is 1. The number of carboxylic acids is 1. The SMILES string of the molecule is CC(O)C(NC(=O)Nc1cc(F)cc([N+](=O)[O-])c1)C(=O)O. The number of hydrogen-bond donors (Lipinski definition) is 4. The third kappa shape index (κ3) is 4.69. The fraction of sp³-hybridized carbons (Fsp3) is 0.273. The van der Waals surface area contributed by atoms with E-state index >= 15 is 0 Å². The van der Waals surface area contributed by atoms with Crippen molar-refractivity contribution >= 4 is 23.4 Å². The molecule has 1 aromatic rings. The predicted molar refractivity (Wildman–Crippen MR) is 68.3 cm³/mol. The third-order valence-corrected chi connectivity index (χ3v) is 2.39. The van der Waals surface area contributed by atoms with Crippen LogP contribution in [0.1, 0.15) is 6.92 Å². The van der Waals surface area contributed by atoms with Gasteiger partial charge in [-0.2, -0.15) is 0 Å². The van der Waals surface area contributed by atoms with Crippen molar-refractivity contribution in [1.82, 2.24) is 5.32 Å². The van der Waals surface area contributed by atoms with Crippen LogP contribution in [0, 0.1) is 15.9 Å². The number of hydrogen-bond acceptors (Lipinski definition) is 5. The molecule has 21 heavy (non-hydrogen) atoms. The van der Waals surface area contributed by atoms with Gasteiger partial charge in [0.1, 0.15) is 5.82 Å². The summed E-state index contributed by atoms with van der Waals surface area (Å²) in [5, 5.41) is 32.5. The lowest BCUT2D eigenvalue weighted by Crippen LogP contribution is -2.49. The maximum Gasteiger partial charge on any atom is 0.328 e. The molecule has 0 aromatic heterocycles. The summed E-state index contributed by atoms with van der Waals surface area (Å²) in [5.41, 5.74) is -0.801. The number of nitrogens with zero attached hydrogens (tertiary/aromatic N) is 1. The monoisotopic (exact) mass is 301 g/mol. The molecular weight excluding hydrogens is 289 g/mol. The molecule has 114 valence electrons. The summed E-state index contributed by atoms with van der Waals surface area (Å²) < 4.78 is 13.1. The van der Waals surface area contributed by atoms with Crippen LogP contribution in [0.3, 0.4) is 0 Å². The minimum absolute atomic E-state index is 0.228. The van der Waals surface area contributed by atoms with Gasteiger partial charge in [-0.15, -0.1) is 0 Å². The van der Waals surface area contributed by atoms with Crippen LogP contribution in [0.15, 0.2) is 18.2 Å². The zero-order chi connectivity index (χ0) is 16.2. The maximum absolute atomic E-state index is 13.1. The molecule has 0 aliphatic carbocycles. The van der Waals surface area contributed by atoms with Crippen molar-refractivity contribution in [3.8, 4) is 0 Å². The molecule has 0 aliphatic rings. The molecule has 0 heterocycles. The highest BCUT2D eigenvalue weighted by atomic mass is 19.1. The number of aliphatic hydroxyl groups excluding tert-OH is 1. The van der Waals surface area contributed by atoms with E-state index in [1.807, 2.05) is 10.6 Å². The van der Waals surface area contributed by atoms with E-state index < -0.39 is 40.6 Å². The highest BCUT2D eigenvalue weighted by molar-refractivity contribution is 5.92. The van der Waals surface area contributed by atoms with Crippen molar-refractivity contribution in [1.29, 1.82) is 0 Å². The molecule has 0 spiro atoms. The molecule has 0 fully saturated rings. The Hall–Kier alpha value is -2.75. The number of nitro groups is 1. The van der Waals surface area contributed by atoms with Crippen molar-refractivity contribution in [2.75, 3.05) is 5.32 Å². The highest BCUT2D eigenvalue weighted by Gasteiger charge is 2.25. The highest BCUT2D eigenvalue weighted by Crippen LogP contribution is 2.19. The number of carboxylic acid groups (broad SMARTS) is 1. The second-order valence-corrected chi connectivity index (χ2v) is 4.11. The Morgan fingerprint density at radius 2 is 2.00 bits per heavy atom. The third-order valence-electron chi connectivity index (χ3n) is 2.39. The molecule has 9 nitrogen and oxygen atoms in total. The first-order valence-corrected chi connectivity index (χ1v) is 5.64. The number of non-ortho nitro benzene ring substituents is 1. The number of amides is 2. The molecule has 0 aliphatic heterocycles. The molecular formula is C11H12FN3O6. The fourth-order valence-corrected chi connectivity index (χ4v) is 1.45. The normalized spacial score (nSPS) is 13.1. The minimum Gasteiger partial charge on any atom is -0.480 e. The second kappa shape index (κ2) is 6.61. The zero-order valence-electron chi connectivity index (χ0n) is 10.7. The standard InChI is InChI=1S/C11H12FN3O6/c1-5(16)9(10(17)18)14-11(19)13-7-2-6(12)3-8(4-7)15(20)21/h2-5,9,16H,1H3,(H,17,18)(H2,13,14,19). The van der Waals surface area contributed by atoms with Crippen molar-refractivity contribution in [2.45, 2.75) is 19.1 Å². The first-order valence-electron chi connectivity index (χ1n) is 5.64. The van der Waals surface area contributed by atoms with Crippen LogP contribution in [0.5, 0.6) is 0 Å². The molecule has 1 aromatic carbocycles. The van der Waals surface area contributed by atoms with Crippen LogP contribution in [0.25, 0.3) is 0 Å². The van der Waals surface area contributed by atoms with Gasteiger partial charge in [0, 0.05) is 6.07 Å². The van der Waals surface area contributed by atoms with Crippen LogP contribution < -0.4 is 10.6 Å². The zero-order valence-corrected chi connectivity index (χ0v) is 10.7. The molecule has 0 radical (unpaired) electrons. The molecule has 1 rings (SSSR count). The number of carbonyl (C=O) groups is 2. The Balaban J connectivity index is 2.83. The number of benzene rings is 1. The Morgan fingerprint density at radius 1 is 1.38 bits per heavy atom. The lowest BCUT2D eigenvalue weighted by Gasteiger charge is -2.17. The van der Waals surface area contributed by atoms with Gasteiger partial charge in [-0.1, -0.05) is 0 Å². The van der Waals surface area contributed by atoms with Crippen LogP contribution in [0.4, 0.5) is 20.6 Å². The van der Waals surface area contributed by atoms with E-state index in [2.05, 4.69) is 0 Å². The summed E-state index contributed by atoms with van der Waals surface area (Å²) in [6, 6.07) is -0.235. The van der Waals surface area contributed by atoms with Crippen molar-refractivity contribution in [3.63, 3.8) is 0 Å². The number of nitrogens with one attached hydrogen (secondary N) is 2. The van der Waals surface area contributed by atoms with Gasteiger partial charge in [0.15, 0.2) is 6.04 Å². The van der Waals surface area contributed by atoms with E-state index in [-0.39, 0.29) is 5.69 Å². The Bertz CT molecular complexity index is 577. The van der Waals surface area contributed by atoms with Gasteiger partial charge in [-0.05, 0) is 13.0 Å². The van der Waals surface area contributed by atoms with Crippen molar-refractivity contribution < 1.29 is 29.1 Å². The average Bonchev–Trinajstić information content (AvgIpc) is 2.34. The van der Waals surface area contributed by atoms with Crippen LogP contribution in [-0.2, 0) is 4.79 Å². The fourth-order valence-electron chi connectivity index (χ4n) is 1.45. The van der Waals surface area contributed by atoms with Gasteiger partial charge < -0.3 is 20.8 Å². The van der Waals surface area contributed by atoms with Gasteiger partial charge in [0.25, 0.3) is 5.69 Å². The van der Waals surface area contributed by atoms with E-state index in [0.717, 1.165) is 19.1 Å². The Kier molecular flexibility index (Phi) is 5.13. The Labute approximate surface area is 117 Å². The first-order chi connectivity index (χ1) is 9.70. The van der Waals surface area contributed by atoms with Crippen molar-refractivity contribution in [2.24, 2.45) is 0 Å². The number of nitro benzene ring substituents is 1. The number of aliphatic hydroxyl groups is 1. The van der Waals surface area contributed by atoms with Gasteiger partial charge >= 0.3 is 12.0 Å². The summed E-state index contributed by atoms with van der Waals surface area (Å²) in [4.78, 5) is 32.0. The summed E-state index contributed by atoms with van der Waals surface area (Å²) >= 11 is 0. The maximum atomic E-state index is 13.1. The predicted octanol–water partition coefficient (Wildman–Crippen LogP) is 0.689. The number of anilines is 1. The second-order valence-electron chi connectivity index (χ2n) is 4.11. The molecule has 0 saturated carbocycles. The van der Waals surface area contributed by atoms with Gasteiger partial charge in [0.05, 0.1) is 22.8 Å². The average molecular weight is 301 g/mol. The summed E-state index contributed by atoms with van der Waals surface area (Å²) in [6.07, 6.45) is -1.37. The smallest absolute Gasteiger partial charge is 0.328 e. The van der Waals surface area contributed by atoms with E-state index in [0.29, 0.717) is 6.07 Å². The number of aliphatic carboxylic acids is 1. The largest absolute Gasteiger partial charge is 0.480 e. The van der Waals surface area contributed by atoms with Crippen LogP contribution in [0.2, 0.25) is 0 Å². The quantitative estimate of drug-likeness (QED) is 0.465. The molecule has 2 amide bonds. The van der Waals surface area contributed by atoms with Gasteiger partial charge in [0.2, 0.25) is 0 Å². The molecule has 10 heteroatoms. The van der Waals surface area contributed by atoms with E-state index in [1.54, 1.807) is 0 Å². The minimum atomic E-state index is -1.58. The number of carbonyl (C=O) groups excluding carboxylic acids is 1. The van der Waals surface area contributed by atoms with Crippen LogP contribution in [-0.4, -0.2) is 39.3 Å². The van der Waals surface area contributed by atoms with E-state index in [9.17, 15) is 29.2 Å².